The van der Waals surface area contributed by atoms with Gasteiger partial charge in [0.1, 0.15) is 0 Å². The fourth-order valence-corrected chi connectivity index (χ4v) is 31.0. The number of benzene rings is 4. The van der Waals surface area contributed by atoms with Gasteiger partial charge in [-0.1, -0.05) is 0 Å². The Balaban J connectivity index is 1.54. The Labute approximate surface area is 300 Å². The minimum atomic E-state index is -4.48. The summed E-state index contributed by atoms with van der Waals surface area (Å²) in [6.45, 7) is 9.20. The van der Waals surface area contributed by atoms with Crippen molar-refractivity contribution in [2.24, 2.45) is 0 Å². The molecule has 4 aromatic rings. The molecule has 8 heteroatoms. The number of alkyl halides is 6. The van der Waals surface area contributed by atoms with Gasteiger partial charge in [-0.15, -0.1) is 0 Å². The Hall–Kier alpha value is -2.96. The first-order valence-corrected chi connectivity index (χ1v) is 27.7. The van der Waals surface area contributed by atoms with Crippen molar-refractivity contribution < 1.29 is 47.3 Å². The molecule has 0 fully saturated rings. The third-order valence-corrected chi connectivity index (χ3v) is 32.1. The van der Waals surface area contributed by atoms with E-state index in [1.807, 2.05) is 24.3 Å². The van der Waals surface area contributed by atoms with Crippen LogP contribution in [0.1, 0.15) is 93.0 Å². The van der Waals surface area contributed by atoms with Gasteiger partial charge in [0, 0.05) is 0 Å². The fraction of sp³-hybridized carbons (Fsp3) is 0.333. The van der Waals surface area contributed by atoms with Gasteiger partial charge in [0.15, 0.2) is 0 Å². The average Bonchev–Trinajstić information content (AvgIpc) is 3.64. The molecular formula is C42H43F6SiZr. The van der Waals surface area contributed by atoms with E-state index in [9.17, 15) is 26.3 Å². The summed E-state index contributed by atoms with van der Waals surface area (Å²) in [4.78, 5) is 0. The SMILES string of the molecule is CCCCC1=Cc2c(-c3ccccc3C(F)(F)F)cccc2[CH]1[Zr]([CH]1C(CCCC)=Cc2c(-c3ccccc3C(F)(F)F)cccc21)[SiH](C)C. The summed E-state index contributed by atoms with van der Waals surface area (Å²) in [5, 5.41) is 0. The summed E-state index contributed by atoms with van der Waals surface area (Å²) in [5.41, 5.74) is 7.24. The number of halogens is 6. The molecule has 2 unspecified atom stereocenters. The minimum absolute atomic E-state index is 0.204. The second-order valence-electron chi connectivity index (χ2n) is 13.9. The Morgan fingerprint density at radius 1 is 0.540 bits per heavy atom. The molecule has 0 N–H and O–H groups in total. The number of hydrogen-bond acceptors (Lipinski definition) is 0. The van der Waals surface area contributed by atoms with Crippen LogP contribution in [0.25, 0.3) is 34.4 Å². The van der Waals surface area contributed by atoms with E-state index >= 15 is 0 Å². The van der Waals surface area contributed by atoms with Crippen LogP contribution in [-0.4, -0.2) is 5.92 Å². The van der Waals surface area contributed by atoms with Crippen molar-refractivity contribution in [2.75, 3.05) is 0 Å². The number of allylic oxidation sites excluding steroid dienone is 2. The van der Waals surface area contributed by atoms with Crippen LogP contribution in [0.15, 0.2) is 96.1 Å². The summed E-state index contributed by atoms with van der Waals surface area (Å²) in [6, 6.07) is 23.6. The van der Waals surface area contributed by atoms with Crippen molar-refractivity contribution >= 4 is 18.1 Å². The van der Waals surface area contributed by atoms with Gasteiger partial charge in [0.05, 0.1) is 0 Å². The van der Waals surface area contributed by atoms with Gasteiger partial charge in [-0.2, -0.15) is 0 Å². The quantitative estimate of drug-likeness (QED) is 0.105. The molecule has 0 aromatic heterocycles. The van der Waals surface area contributed by atoms with Crippen LogP contribution in [0, 0.1) is 0 Å². The van der Waals surface area contributed by atoms with E-state index in [0.717, 1.165) is 60.8 Å². The van der Waals surface area contributed by atoms with Crippen LogP contribution in [0.5, 0.6) is 0 Å². The van der Waals surface area contributed by atoms with Crippen molar-refractivity contribution in [2.45, 2.75) is 85.1 Å². The monoisotopic (exact) mass is 779 g/mol. The number of rotatable bonds is 11. The normalized spacial score (nSPS) is 17.1. The zero-order chi connectivity index (χ0) is 35.8. The first kappa shape index (κ1) is 36.8. The maximum absolute atomic E-state index is 14.3. The topological polar surface area (TPSA) is 0 Å². The predicted molar refractivity (Wildman–Crippen MR) is 193 cm³/mol. The summed E-state index contributed by atoms with van der Waals surface area (Å²) in [7, 11) is 0. The molecule has 2 aliphatic rings. The Morgan fingerprint density at radius 3 is 1.28 bits per heavy atom. The maximum atomic E-state index is 14.3. The zero-order valence-electron chi connectivity index (χ0n) is 29.0. The van der Waals surface area contributed by atoms with E-state index in [4.69, 9.17) is 0 Å². The van der Waals surface area contributed by atoms with E-state index in [1.54, 1.807) is 24.3 Å². The van der Waals surface area contributed by atoms with Gasteiger partial charge in [0.25, 0.3) is 0 Å². The molecule has 0 saturated carbocycles. The number of unbranched alkanes of at least 4 members (excludes halogenated alkanes) is 2. The van der Waals surface area contributed by atoms with Crippen LogP contribution in [-0.2, 0) is 33.3 Å². The predicted octanol–water partition coefficient (Wildman–Crippen LogP) is 13.6. The fourth-order valence-electron chi connectivity index (χ4n) is 8.14. The van der Waals surface area contributed by atoms with Crippen LogP contribution in [0.3, 0.4) is 0 Å². The molecule has 0 bridgehead atoms. The van der Waals surface area contributed by atoms with Gasteiger partial charge in [-0.3, -0.25) is 0 Å². The van der Waals surface area contributed by atoms with E-state index in [0.29, 0.717) is 11.1 Å². The number of fused-ring (bicyclic) bond motifs is 2. The van der Waals surface area contributed by atoms with Crippen molar-refractivity contribution in [3.05, 3.63) is 129 Å². The molecule has 4 aromatic carbocycles. The van der Waals surface area contributed by atoms with Crippen LogP contribution < -0.4 is 0 Å². The molecule has 0 heterocycles. The molecular weight excluding hydrogens is 738 g/mol. The molecule has 0 amide bonds. The van der Waals surface area contributed by atoms with Crippen molar-refractivity contribution in [1.29, 1.82) is 0 Å². The second-order valence-corrected chi connectivity index (χ2v) is 33.9. The Kier molecular flexibility index (Phi) is 11.0. The Bertz CT molecular complexity index is 1780. The average molecular weight is 781 g/mol. The molecule has 0 spiro atoms. The van der Waals surface area contributed by atoms with Crippen LogP contribution in [0.4, 0.5) is 26.3 Å². The molecule has 0 saturated heterocycles. The third kappa shape index (κ3) is 7.08. The van der Waals surface area contributed by atoms with Crippen LogP contribution in [0.2, 0.25) is 13.1 Å². The second kappa shape index (κ2) is 14.9. The van der Waals surface area contributed by atoms with E-state index in [1.165, 1.54) is 35.4 Å². The summed E-state index contributed by atoms with van der Waals surface area (Å²) in [6.07, 6.45) is 1.29. The first-order valence-electron chi connectivity index (χ1n) is 17.7. The van der Waals surface area contributed by atoms with Gasteiger partial charge in [0.2, 0.25) is 0 Å². The van der Waals surface area contributed by atoms with Crippen LogP contribution >= 0.6 is 0 Å². The van der Waals surface area contributed by atoms with E-state index < -0.39 is 50.3 Å². The molecule has 0 nitrogen and oxygen atoms in total. The van der Waals surface area contributed by atoms with E-state index in [-0.39, 0.29) is 18.4 Å². The van der Waals surface area contributed by atoms with Gasteiger partial charge >= 0.3 is 302 Å². The molecule has 0 aliphatic heterocycles. The van der Waals surface area contributed by atoms with Gasteiger partial charge in [-0.25, -0.2) is 0 Å². The number of hydrogen-bond donors (Lipinski definition) is 0. The molecule has 261 valence electrons. The molecule has 6 rings (SSSR count). The molecule has 2 atom stereocenters. The van der Waals surface area contributed by atoms with Crippen molar-refractivity contribution in [1.82, 2.24) is 0 Å². The molecule has 0 radical (unpaired) electrons. The molecule has 2 aliphatic carbocycles. The summed E-state index contributed by atoms with van der Waals surface area (Å²) >= 11 is -2.69. The van der Waals surface area contributed by atoms with Crippen molar-refractivity contribution in [3.63, 3.8) is 0 Å². The Morgan fingerprint density at radius 2 is 0.920 bits per heavy atom. The third-order valence-electron chi connectivity index (χ3n) is 10.3. The first-order chi connectivity index (χ1) is 23.9. The summed E-state index contributed by atoms with van der Waals surface area (Å²) in [5.74, 6) is -1.35. The van der Waals surface area contributed by atoms with Gasteiger partial charge in [-0.05, 0) is 0 Å². The van der Waals surface area contributed by atoms with Crippen molar-refractivity contribution in [3.8, 4) is 22.3 Å². The molecule has 50 heavy (non-hydrogen) atoms. The van der Waals surface area contributed by atoms with Gasteiger partial charge < -0.3 is 0 Å². The summed E-state index contributed by atoms with van der Waals surface area (Å²) < 4.78 is 86.2. The zero-order valence-corrected chi connectivity index (χ0v) is 32.6. The standard InChI is InChI=1S/2C20H18F3.C2H7Si.Zr/c2*1-2-3-7-14-12-15-8-6-10-16(18(15)13-14)17-9-4-5-11-19(17)20(21,22)23;1-3-2;/h2*4-6,8-13H,2-3,7H2,1H3;3H,1-2H3;. The van der Waals surface area contributed by atoms with E-state index in [2.05, 4.69) is 51.2 Å².